The first-order valence-corrected chi connectivity index (χ1v) is 7.79. The normalized spacial score (nSPS) is 19.8. The monoisotopic (exact) mass is 337 g/mol. The van der Waals surface area contributed by atoms with Gasteiger partial charge >= 0.3 is 5.97 Å². The van der Waals surface area contributed by atoms with Gasteiger partial charge in [0.2, 0.25) is 5.91 Å². The Morgan fingerprint density at radius 1 is 1.29 bits per heavy atom. The van der Waals surface area contributed by atoms with Crippen molar-refractivity contribution in [3.05, 3.63) is 23.8 Å². The predicted octanol–water partition coefficient (Wildman–Crippen LogP) is 1.39. The van der Waals surface area contributed by atoms with Crippen LogP contribution in [0.1, 0.15) is 24.8 Å². The van der Waals surface area contributed by atoms with E-state index in [2.05, 4.69) is 5.32 Å². The molecule has 1 aromatic carbocycles. The first-order chi connectivity index (χ1) is 11.5. The third-order valence-electron chi connectivity index (χ3n) is 4.09. The minimum Gasteiger partial charge on any atom is -0.493 e. The molecule has 0 aromatic heterocycles. The molecule has 1 aliphatic rings. The molecule has 0 radical (unpaired) electrons. The van der Waals surface area contributed by atoms with Gasteiger partial charge in [-0.2, -0.15) is 0 Å². The minimum absolute atomic E-state index is 0.130. The van der Waals surface area contributed by atoms with Gasteiger partial charge in [-0.1, -0.05) is 6.07 Å². The van der Waals surface area contributed by atoms with Crippen molar-refractivity contribution < 1.29 is 28.9 Å². The van der Waals surface area contributed by atoms with Crippen LogP contribution in [0.25, 0.3) is 0 Å². The zero-order valence-corrected chi connectivity index (χ0v) is 14.0. The van der Waals surface area contributed by atoms with Gasteiger partial charge in [-0.05, 0) is 30.5 Å². The standard InChI is InChI=1S/C17H23NO6/c1-22-13-5-3-12(9-14(13)23-2)4-6-15(19)18-17(10-16(20)21)7-8-24-11-17/h3,5,9H,4,6-8,10-11H2,1-2H3,(H,18,19)(H,20,21). The van der Waals surface area contributed by atoms with Gasteiger partial charge in [0.15, 0.2) is 11.5 Å². The summed E-state index contributed by atoms with van der Waals surface area (Å²) in [5.41, 5.74) is 0.151. The first kappa shape index (κ1) is 18.1. The number of carbonyl (C=O) groups is 2. The molecule has 2 rings (SSSR count). The average Bonchev–Trinajstić information content (AvgIpc) is 2.99. The Balaban J connectivity index is 1.94. The number of carboxylic acid groups (broad SMARTS) is 1. The van der Waals surface area contributed by atoms with Crippen LogP contribution in [0.5, 0.6) is 11.5 Å². The first-order valence-electron chi connectivity index (χ1n) is 7.79. The van der Waals surface area contributed by atoms with Gasteiger partial charge in [0.05, 0.1) is 32.8 Å². The van der Waals surface area contributed by atoms with Crippen molar-refractivity contribution in [1.29, 1.82) is 0 Å². The Bertz CT molecular complexity index is 595. The summed E-state index contributed by atoms with van der Waals surface area (Å²) in [6, 6.07) is 5.50. The third kappa shape index (κ3) is 4.61. The topological polar surface area (TPSA) is 94.1 Å². The van der Waals surface area contributed by atoms with Crippen molar-refractivity contribution in [2.24, 2.45) is 0 Å². The van der Waals surface area contributed by atoms with Gasteiger partial charge in [-0.15, -0.1) is 0 Å². The lowest BCUT2D eigenvalue weighted by atomic mass is 9.94. The molecular weight excluding hydrogens is 314 g/mol. The van der Waals surface area contributed by atoms with Crippen LogP contribution < -0.4 is 14.8 Å². The van der Waals surface area contributed by atoms with Crippen LogP contribution in [0, 0.1) is 0 Å². The summed E-state index contributed by atoms with van der Waals surface area (Å²) in [6.45, 7) is 0.699. The lowest BCUT2D eigenvalue weighted by molar-refractivity contribution is -0.139. The van der Waals surface area contributed by atoms with Crippen LogP contribution in [0.15, 0.2) is 18.2 Å². The van der Waals surface area contributed by atoms with Crippen molar-refractivity contribution in [3.8, 4) is 11.5 Å². The van der Waals surface area contributed by atoms with E-state index in [1.807, 2.05) is 12.1 Å². The van der Waals surface area contributed by atoms with Crippen LogP contribution in [-0.4, -0.2) is 50.0 Å². The maximum absolute atomic E-state index is 12.2. The van der Waals surface area contributed by atoms with Gasteiger partial charge in [0.25, 0.3) is 0 Å². The lowest BCUT2D eigenvalue weighted by Gasteiger charge is -2.27. The van der Waals surface area contributed by atoms with Crippen LogP contribution in [-0.2, 0) is 20.7 Å². The van der Waals surface area contributed by atoms with E-state index in [9.17, 15) is 9.59 Å². The highest BCUT2D eigenvalue weighted by Gasteiger charge is 2.38. The van der Waals surface area contributed by atoms with Crippen molar-refractivity contribution in [2.45, 2.75) is 31.2 Å². The molecule has 1 heterocycles. The SMILES string of the molecule is COc1ccc(CCC(=O)NC2(CC(=O)O)CCOC2)cc1OC. The summed E-state index contributed by atoms with van der Waals surface area (Å²) in [7, 11) is 3.13. The predicted molar refractivity (Wildman–Crippen MR) is 86.4 cm³/mol. The summed E-state index contributed by atoms with van der Waals surface area (Å²) >= 11 is 0. The summed E-state index contributed by atoms with van der Waals surface area (Å²) < 4.78 is 15.7. The molecule has 1 aromatic rings. The molecule has 1 saturated heterocycles. The number of hydrogen-bond acceptors (Lipinski definition) is 5. The second-order valence-electron chi connectivity index (χ2n) is 5.89. The van der Waals surface area contributed by atoms with E-state index in [0.717, 1.165) is 5.56 Å². The zero-order chi connectivity index (χ0) is 17.6. The molecular formula is C17H23NO6. The number of carboxylic acids is 1. The molecule has 24 heavy (non-hydrogen) atoms. The van der Waals surface area contributed by atoms with Gasteiger partial charge in [-0.25, -0.2) is 0 Å². The highest BCUT2D eigenvalue weighted by atomic mass is 16.5. The molecule has 0 saturated carbocycles. The Hall–Kier alpha value is -2.28. The molecule has 132 valence electrons. The fourth-order valence-electron chi connectivity index (χ4n) is 2.83. The van der Waals surface area contributed by atoms with Crippen LogP contribution >= 0.6 is 0 Å². The summed E-state index contributed by atoms with van der Waals surface area (Å²) in [4.78, 5) is 23.2. The van der Waals surface area contributed by atoms with Crippen LogP contribution in [0.2, 0.25) is 0 Å². The fourth-order valence-corrected chi connectivity index (χ4v) is 2.83. The molecule has 0 aliphatic carbocycles. The molecule has 1 fully saturated rings. The molecule has 1 unspecified atom stereocenters. The smallest absolute Gasteiger partial charge is 0.305 e. The highest BCUT2D eigenvalue weighted by molar-refractivity contribution is 5.78. The van der Waals surface area contributed by atoms with Crippen LogP contribution in [0.3, 0.4) is 0 Å². The largest absolute Gasteiger partial charge is 0.493 e. The second kappa shape index (κ2) is 8.01. The van der Waals surface area contributed by atoms with Gasteiger partial charge in [0, 0.05) is 13.0 Å². The van der Waals surface area contributed by atoms with Crippen molar-refractivity contribution in [2.75, 3.05) is 27.4 Å². The highest BCUT2D eigenvalue weighted by Crippen LogP contribution is 2.28. The number of hydrogen-bond donors (Lipinski definition) is 2. The van der Waals surface area contributed by atoms with E-state index in [4.69, 9.17) is 19.3 Å². The minimum atomic E-state index is -0.944. The van der Waals surface area contributed by atoms with Crippen molar-refractivity contribution in [1.82, 2.24) is 5.32 Å². The molecule has 1 atom stereocenters. The van der Waals surface area contributed by atoms with E-state index < -0.39 is 11.5 Å². The number of methoxy groups -OCH3 is 2. The van der Waals surface area contributed by atoms with Gasteiger partial charge in [0.1, 0.15) is 0 Å². The van der Waals surface area contributed by atoms with E-state index in [-0.39, 0.29) is 25.4 Å². The number of rotatable bonds is 8. The Labute approximate surface area is 140 Å². The Kier molecular flexibility index (Phi) is 6.03. The molecule has 0 spiro atoms. The van der Waals surface area contributed by atoms with Crippen molar-refractivity contribution in [3.63, 3.8) is 0 Å². The number of benzene rings is 1. The number of aryl methyl sites for hydroxylation is 1. The quantitative estimate of drug-likeness (QED) is 0.744. The Morgan fingerprint density at radius 2 is 2.04 bits per heavy atom. The summed E-state index contributed by atoms with van der Waals surface area (Å²) in [5.74, 6) is 0.119. The fraction of sp³-hybridized carbons (Fsp3) is 0.529. The Morgan fingerprint density at radius 3 is 2.62 bits per heavy atom. The molecule has 1 amide bonds. The lowest BCUT2D eigenvalue weighted by Crippen LogP contribution is -2.50. The van der Waals surface area contributed by atoms with Gasteiger partial charge in [-0.3, -0.25) is 9.59 Å². The number of ether oxygens (including phenoxy) is 3. The maximum Gasteiger partial charge on any atom is 0.305 e. The molecule has 1 aliphatic heterocycles. The van der Waals surface area contributed by atoms with Crippen LogP contribution in [0.4, 0.5) is 0 Å². The van der Waals surface area contributed by atoms with Gasteiger partial charge < -0.3 is 24.6 Å². The summed E-state index contributed by atoms with van der Waals surface area (Å²) in [5, 5.41) is 11.9. The van der Waals surface area contributed by atoms with Crippen molar-refractivity contribution >= 4 is 11.9 Å². The van der Waals surface area contributed by atoms with E-state index in [1.54, 1.807) is 20.3 Å². The average molecular weight is 337 g/mol. The second-order valence-corrected chi connectivity index (χ2v) is 5.89. The third-order valence-corrected chi connectivity index (χ3v) is 4.09. The molecule has 7 heteroatoms. The van der Waals surface area contributed by atoms with E-state index in [1.165, 1.54) is 0 Å². The van der Waals surface area contributed by atoms with E-state index in [0.29, 0.717) is 30.9 Å². The molecule has 0 bridgehead atoms. The number of aliphatic carboxylic acids is 1. The van der Waals surface area contributed by atoms with E-state index >= 15 is 0 Å². The molecule has 7 nitrogen and oxygen atoms in total. The zero-order valence-electron chi connectivity index (χ0n) is 14.0. The molecule has 2 N–H and O–H groups in total. The maximum atomic E-state index is 12.2. The summed E-state index contributed by atoms with van der Waals surface area (Å²) in [6.07, 6.45) is 1.17. The number of nitrogens with one attached hydrogen (secondary N) is 1. The number of carbonyl (C=O) groups excluding carboxylic acids is 1. The number of amides is 1.